The summed E-state index contributed by atoms with van der Waals surface area (Å²) in [5, 5.41) is 20.7. The van der Waals surface area contributed by atoms with Gasteiger partial charge in [-0.25, -0.2) is 4.79 Å². The largest absolute Gasteiger partial charge is 0.495 e. The van der Waals surface area contributed by atoms with E-state index in [1.54, 1.807) is 42.5 Å². The molecule has 0 spiro atoms. The molecule has 0 saturated carbocycles. The van der Waals surface area contributed by atoms with Gasteiger partial charge in [-0.05, 0) is 66.8 Å². The van der Waals surface area contributed by atoms with E-state index < -0.39 is 18.0 Å². The minimum absolute atomic E-state index is 0.0522. The van der Waals surface area contributed by atoms with E-state index in [0.29, 0.717) is 60.0 Å². The van der Waals surface area contributed by atoms with Crippen molar-refractivity contribution in [3.8, 4) is 5.75 Å². The van der Waals surface area contributed by atoms with Crippen LogP contribution >= 0.6 is 0 Å². The van der Waals surface area contributed by atoms with Gasteiger partial charge in [0.1, 0.15) is 5.75 Å². The Labute approximate surface area is 250 Å². The third-order valence-corrected chi connectivity index (χ3v) is 7.16. The molecule has 1 fully saturated rings. The number of carbonyl (C=O) groups excluding carboxylic acids is 3. The number of amides is 4. The quantitative estimate of drug-likeness (QED) is 0.214. The van der Waals surface area contributed by atoms with Crippen LogP contribution < -0.4 is 26.0 Å². The van der Waals surface area contributed by atoms with Crippen LogP contribution in [0.25, 0.3) is 0 Å². The first-order valence-electron chi connectivity index (χ1n) is 14.0. The van der Waals surface area contributed by atoms with Gasteiger partial charge < -0.3 is 35.8 Å². The highest BCUT2D eigenvalue weighted by atomic mass is 16.5. The van der Waals surface area contributed by atoms with Gasteiger partial charge in [0.15, 0.2) is 0 Å². The first-order valence-corrected chi connectivity index (χ1v) is 14.0. The second kappa shape index (κ2) is 14.8. The third kappa shape index (κ3) is 9.04. The zero-order valence-corrected chi connectivity index (χ0v) is 24.1. The van der Waals surface area contributed by atoms with E-state index in [0.717, 1.165) is 5.56 Å². The average molecular weight is 589 g/mol. The zero-order valence-electron chi connectivity index (χ0n) is 24.1. The molecular formula is C32H36N4O7. The smallest absolute Gasteiger partial charge is 0.323 e. The Hall–Kier alpha value is -4.90. The van der Waals surface area contributed by atoms with E-state index in [1.807, 2.05) is 31.2 Å². The van der Waals surface area contributed by atoms with E-state index in [1.165, 1.54) is 7.11 Å². The fourth-order valence-corrected chi connectivity index (χ4v) is 4.80. The van der Waals surface area contributed by atoms with Gasteiger partial charge in [0.05, 0.1) is 31.7 Å². The summed E-state index contributed by atoms with van der Waals surface area (Å²) in [5.74, 6) is -1.29. The molecule has 3 aromatic rings. The number of carboxylic acid groups (broad SMARTS) is 1. The number of carboxylic acids is 1. The molecule has 11 nitrogen and oxygen atoms in total. The van der Waals surface area contributed by atoms with E-state index in [2.05, 4.69) is 21.3 Å². The fraction of sp³-hybridized carbons (Fsp3) is 0.312. The molecule has 4 rings (SSSR count). The molecule has 43 heavy (non-hydrogen) atoms. The summed E-state index contributed by atoms with van der Waals surface area (Å²) in [6.07, 6.45) is 0.994. The Kier molecular flexibility index (Phi) is 10.7. The molecule has 3 aromatic carbocycles. The van der Waals surface area contributed by atoms with E-state index >= 15 is 0 Å². The minimum atomic E-state index is -1.03. The Balaban J connectivity index is 1.34. The molecule has 0 aliphatic carbocycles. The standard InChI is InChI=1S/C32H36N4O7/c1-20-5-3-4-6-25(20)35-32(41)36-26-12-7-21(17-28(26)42-2)18-29(37)33-24-10-8-22(9-11-24)27(19-30(38)39)34-31(40)23-13-15-43-16-14-23/h3-12,17,23,27H,13-16,18-19H2,1-2H3,(H,33,37)(H,34,40)(H,38,39)(H2,35,36,41)/t27-/m1/s1. The molecule has 0 bridgehead atoms. The number of hydrogen-bond donors (Lipinski definition) is 5. The fourth-order valence-electron chi connectivity index (χ4n) is 4.80. The van der Waals surface area contributed by atoms with Crippen molar-refractivity contribution >= 4 is 40.9 Å². The number of carbonyl (C=O) groups is 4. The van der Waals surface area contributed by atoms with Crippen molar-refractivity contribution in [2.75, 3.05) is 36.3 Å². The molecule has 1 aliphatic rings. The normalized spacial score (nSPS) is 13.8. The van der Waals surface area contributed by atoms with E-state index in [-0.39, 0.29) is 30.6 Å². The maximum atomic E-state index is 12.8. The summed E-state index contributed by atoms with van der Waals surface area (Å²) in [4.78, 5) is 49.5. The van der Waals surface area contributed by atoms with Gasteiger partial charge in [-0.3, -0.25) is 14.4 Å². The lowest BCUT2D eigenvalue weighted by Crippen LogP contribution is -2.37. The number of para-hydroxylation sites is 1. The molecule has 226 valence electrons. The van der Waals surface area contributed by atoms with Crippen LogP contribution in [0.5, 0.6) is 5.75 Å². The molecule has 1 heterocycles. The second-order valence-corrected chi connectivity index (χ2v) is 10.3. The van der Waals surface area contributed by atoms with Gasteiger partial charge in [-0.15, -0.1) is 0 Å². The molecule has 11 heteroatoms. The molecule has 5 N–H and O–H groups in total. The Morgan fingerprint density at radius 2 is 1.63 bits per heavy atom. The first-order chi connectivity index (χ1) is 20.7. The molecule has 0 radical (unpaired) electrons. The summed E-state index contributed by atoms with van der Waals surface area (Å²) in [6, 6.07) is 18.1. The number of methoxy groups -OCH3 is 1. The van der Waals surface area contributed by atoms with Gasteiger partial charge in [0.25, 0.3) is 0 Å². The molecule has 0 unspecified atom stereocenters. The van der Waals surface area contributed by atoms with Crippen LogP contribution in [0.1, 0.15) is 42.0 Å². The highest BCUT2D eigenvalue weighted by molar-refractivity contribution is 6.01. The van der Waals surface area contributed by atoms with Gasteiger partial charge >= 0.3 is 12.0 Å². The summed E-state index contributed by atoms with van der Waals surface area (Å²) in [6.45, 7) is 2.92. The van der Waals surface area contributed by atoms with Gasteiger partial charge in [0.2, 0.25) is 11.8 Å². The summed E-state index contributed by atoms with van der Waals surface area (Å²) in [7, 11) is 1.48. The number of rotatable bonds is 11. The van der Waals surface area contributed by atoms with Crippen molar-refractivity contribution in [3.05, 3.63) is 83.4 Å². The lowest BCUT2D eigenvalue weighted by Gasteiger charge is -2.25. The van der Waals surface area contributed by atoms with Gasteiger partial charge in [0, 0.05) is 30.5 Å². The van der Waals surface area contributed by atoms with E-state index in [4.69, 9.17) is 9.47 Å². The van der Waals surface area contributed by atoms with Crippen LogP contribution in [0, 0.1) is 12.8 Å². The van der Waals surface area contributed by atoms with Crippen LogP contribution in [0.2, 0.25) is 0 Å². The highest BCUT2D eigenvalue weighted by Gasteiger charge is 2.25. The summed E-state index contributed by atoms with van der Waals surface area (Å²) >= 11 is 0. The molecule has 0 aromatic heterocycles. The monoisotopic (exact) mass is 588 g/mol. The Morgan fingerprint density at radius 1 is 0.930 bits per heavy atom. The number of anilines is 3. The lowest BCUT2D eigenvalue weighted by molar-refractivity contribution is -0.138. The minimum Gasteiger partial charge on any atom is -0.495 e. The van der Waals surface area contributed by atoms with Crippen LogP contribution in [0.15, 0.2) is 66.7 Å². The van der Waals surface area contributed by atoms with Crippen LogP contribution in [-0.4, -0.2) is 49.2 Å². The van der Waals surface area contributed by atoms with Crippen LogP contribution in [0.3, 0.4) is 0 Å². The summed E-state index contributed by atoms with van der Waals surface area (Å²) < 4.78 is 10.7. The maximum absolute atomic E-state index is 12.8. The SMILES string of the molecule is COc1cc(CC(=O)Nc2ccc([C@@H](CC(=O)O)NC(=O)C3CCOCC3)cc2)ccc1NC(=O)Nc1ccccc1C. The highest BCUT2D eigenvalue weighted by Crippen LogP contribution is 2.27. The number of aliphatic carboxylic acids is 1. The average Bonchev–Trinajstić information content (AvgIpc) is 2.99. The maximum Gasteiger partial charge on any atom is 0.323 e. The number of nitrogens with one attached hydrogen (secondary N) is 4. The van der Waals surface area contributed by atoms with Crippen molar-refractivity contribution in [3.63, 3.8) is 0 Å². The van der Waals surface area contributed by atoms with Crippen molar-refractivity contribution in [2.24, 2.45) is 5.92 Å². The van der Waals surface area contributed by atoms with Crippen molar-refractivity contribution < 1.29 is 33.8 Å². The lowest BCUT2D eigenvalue weighted by atomic mass is 9.97. The molecule has 1 aliphatic heterocycles. The topological polar surface area (TPSA) is 155 Å². The number of hydrogen-bond acceptors (Lipinski definition) is 6. The van der Waals surface area contributed by atoms with Crippen LogP contribution in [0.4, 0.5) is 21.9 Å². The van der Waals surface area contributed by atoms with Gasteiger partial charge in [-0.1, -0.05) is 36.4 Å². The van der Waals surface area contributed by atoms with Crippen molar-refractivity contribution in [2.45, 2.75) is 38.6 Å². The predicted molar refractivity (Wildman–Crippen MR) is 162 cm³/mol. The van der Waals surface area contributed by atoms with Crippen molar-refractivity contribution in [1.82, 2.24) is 5.32 Å². The molecule has 1 saturated heterocycles. The summed E-state index contributed by atoms with van der Waals surface area (Å²) in [5.41, 5.74) is 3.90. The predicted octanol–water partition coefficient (Wildman–Crippen LogP) is 4.89. The number of aryl methyl sites for hydroxylation is 1. The Bertz CT molecular complexity index is 1450. The number of ether oxygens (including phenoxy) is 2. The Morgan fingerprint density at radius 3 is 2.30 bits per heavy atom. The zero-order chi connectivity index (χ0) is 30.8. The first kappa shape index (κ1) is 31.0. The second-order valence-electron chi connectivity index (χ2n) is 10.3. The van der Waals surface area contributed by atoms with Crippen LogP contribution in [-0.2, 0) is 25.5 Å². The third-order valence-electron chi connectivity index (χ3n) is 7.16. The van der Waals surface area contributed by atoms with Gasteiger partial charge in [-0.2, -0.15) is 0 Å². The van der Waals surface area contributed by atoms with Crippen molar-refractivity contribution in [1.29, 1.82) is 0 Å². The number of benzene rings is 3. The molecule has 4 amide bonds. The number of urea groups is 1. The van der Waals surface area contributed by atoms with E-state index in [9.17, 15) is 24.3 Å². The molecule has 1 atom stereocenters. The molecular weight excluding hydrogens is 552 g/mol.